The summed E-state index contributed by atoms with van der Waals surface area (Å²) in [4.78, 5) is 4.64. The summed E-state index contributed by atoms with van der Waals surface area (Å²) in [5.74, 6) is 3.42. The summed E-state index contributed by atoms with van der Waals surface area (Å²) in [5.41, 5.74) is 2.19. The van der Waals surface area contributed by atoms with Gasteiger partial charge in [0, 0.05) is 12.4 Å². The van der Waals surface area contributed by atoms with E-state index in [1.807, 2.05) is 22.7 Å². The van der Waals surface area contributed by atoms with Crippen molar-refractivity contribution in [3.63, 3.8) is 0 Å². The molecule has 1 unspecified atom stereocenters. The van der Waals surface area contributed by atoms with Crippen LogP contribution in [0.3, 0.4) is 0 Å². The third-order valence-electron chi connectivity index (χ3n) is 3.22. The molecule has 2 nitrogen and oxygen atoms in total. The zero-order valence-electron chi connectivity index (χ0n) is 9.60. The first-order valence-electron chi connectivity index (χ1n) is 6.02. The predicted octanol–water partition coefficient (Wildman–Crippen LogP) is 3.67. The van der Waals surface area contributed by atoms with Crippen LogP contribution in [-0.2, 0) is 6.42 Å². The molecule has 1 aliphatic rings. The average molecular weight is 267 g/mol. The van der Waals surface area contributed by atoms with Crippen molar-refractivity contribution >= 4 is 29.0 Å². The van der Waals surface area contributed by atoms with Gasteiger partial charge in [-0.3, -0.25) is 0 Å². The van der Waals surface area contributed by atoms with Crippen LogP contribution in [0.4, 0.5) is 0 Å². The van der Waals surface area contributed by atoms with Crippen LogP contribution in [0.25, 0.3) is 5.65 Å². The zero-order chi connectivity index (χ0) is 11.7. The van der Waals surface area contributed by atoms with Crippen LogP contribution in [0.15, 0.2) is 24.5 Å². The van der Waals surface area contributed by atoms with Crippen LogP contribution in [0.5, 0.6) is 0 Å². The quantitative estimate of drug-likeness (QED) is 0.825. The highest BCUT2D eigenvalue weighted by atomic mass is 35.5. The van der Waals surface area contributed by atoms with Gasteiger partial charge in [0.1, 0.15) is 5.65 Å². The molecule has 3 heterocycles. The highest BCUT2D eigenvalue weighted by Gasteiger charge is 2.15. The first-order chi connectivity index (χ1) is 8.31. The lowest BCUT2D eigenvalue weighted by Crippen LogP contribution is -2.13. The number of hydrogen-bond donors (Lipinski definition) is 0. The molecule has 90 valence electrons. The minimum Gasteiger partial charge on any atom is -0.305 e. The molecule has 1 fully saturated rings. The Labute approximate surface area is 110 Å². The largest absolute Gasteiger partial charge is 0.305 e. The fraction of sp³-hybridized carbons (Fsp3) is 0.462. The fourth-order valence-corrected chi connectivity index (χ4v) is 3.70. The number of halogens is 1. The van der Waals surface area contributed by atoms with E-state index in [4.69, 9.17) is 11.6 Å². The third kappa shape index (κ3) is 2.61. The first-order valence-corrected chi connectivity index (χ1v) is 7.55. The Kier molecular flexibility index (Phi) is 3.30. The minimum atomic E-state index is 0.759. The molecule has 2 aromatic rings. The van der Waals surface area contributed by atoms with Crippen LogP contribution < -0.4 is 0 Å². The summed E-state index contributed by atoms with van der Waals surface area (Å²) >= 11 is 8.04. The van der Waals surface area contributed by atoms with E-state index in [2.05, 4.69) is 22.9 Å². The van der Waals surface area contributed by atoms with Gasteiger partial charge in [-0.05, 0) is 48.8 Å². The molecule has 0 bridgehead atoms. The van der Waals surface area contributed by atoms with Gasteiger partial charge in [-0.15, -0.1) is 0 Å². The number of nitrogens with zero attached hydrogens (tertiary/aromatic N) is 2. The SMILES string of the molecule is Clc1ccc2nc(CC3CCCSC3)cn2c1. The van der Waals surface area contributed by atoms with Crippen molar-refractivity contribution in [2.24, 2.45) is 5.92 Å². The Hall–Kier alpha value is -0.670. The first kappa shape index (κ1) is 11.4. The van der Waals surface area contributed by atoms with Gasteiger partial charge < -0.3 is 4.40 Å². The van der Waals surface area contributed by atoms with Crippen molar-refractivity contribution in [1.29, 1.82) is 0 Å². The molecule has 0 saturated carbocycles. The minimum absolute atomic E-state index is 0.759. The van der Waals surface area contributed by atoms with Crippen molar-refractivity contribution in [2.45, 2.75) is 19.3 Å². The van der Waals surface area contributed by atoms with Crippen molar-refractivity contribution in [3.05, 3.63) is 35.2 Å². The number of rotatable bonds is 2. The van der Waals surface area contributed by atoms with E-state index in [0.29, 0.717) is 0 Å². The van der Waals surface area contributed by atoms with Crippen LogP contribution >= 0.6 is 23.4 Å². The van der Waals surface area contributed by atoms with Gasteiger partial charge in [0.2, 0.25) is 0 Å². The number of hydrogen-bond acceptors (Lipinski definition) is 2. The molecular formula is C13H15ClN2S. The number of thioether (sulfide) groups is 1. The average Bonchev–Trinajstić information content (AvgIpc) is 2.71. The van der Waals surface area contributed by atoms with Gasteiger partial charge >= 0.3 is 0 Å². The van der Waals surface area contributed by atoms with Crippen LogP contribution in [0.1, 0.15) is 18.5 Å². The van der Waals surface area contributed by atoms with Crippen LogP contribution in [-0.4, -0.2) is 20.9 Å². The highest BCUT2D eigenvalue weighted by molar-refractivity contribution is 7.99. The summed E-state index contributed by atoms with van der Waals surface area (Å²) in [7, 11) is 0. The van der Waals surface area contributed by atoms with Crippen LogP contribution in [0, 0.1) is 5.92 Å². The molecule has 2 aromatic heterocycles. The monoisotopic (exact) mass is 266 g/mol. The Bertz CT molecular complexity index is 517. The Balaban J connectivity index is 1.80. The van der Waals surface area contributed by atoms with E-state index in [1.54, 1.807) is 0 Å². The molecule has 0 radical (unpaired) electrons. The standard InChI is InChI=1S/C13H15ClN2S/c14-11-3-4-13-15-12(8-16(13)7-11)6-10-2-1-5-17-9-10/h3-4,7-8,10H,1-2,5-6,9H2. The smallest absolute Gasteiger partial charge is 0.137 e. The molecular weight excluding hydrogens is 252 g/mol. The Morgan fingerprint density at radius 3 is 3.18 bits per heavy atom. The number of aromatic nitrogens is 2. The van der Waals surface area contributed by atoms with Gasteiger partial charge in [0.05, 0.1) is 10.7 Å². The lowest BCUT2D eigenvalue weighted by Gasteiger charge is -2.19. The second-order valence-corrected chi connectivity index (χ2v) is 6.22. The molecule has 17 heavy (non-hydrogen) atoms. The molecule has 0 amide bonds. The van der Waals surface area contributed by atoms with E-state index >= 15 is 0 Å². The van der Waals surface area contributed by atoms with E-state index in [-0.39, 0.29) is 0 Å². The fourth-order valence-electron chi connectivity index (χ4n) is 2.38. The van der Waals surface area contributed by atoms with Crippen molar-refractivity contribution in [3.8, 4) is 0 Å². The van der Waals surface area contributed by atoms with Gasteiger partial charge in [0.25, 0.3) is 0 Å². The molecule has 3 rings (SSSR count). The van der Waals surface area contributed by atoms with Crippen molar-refractivity contribution in [2.75, 3.05) is 11.5 Å². The second kappa shape index (κ2) is 4.91. The van der Waals surface area contributed by atoms with Crippen molar-refractivity contribution < 1.29 is 0 Å². The topological polar surface area (TPSA) is 17.3 Å². The second-order valence-electron chi connectivity index (χ2n) is 4.63. The molecule has 1 atom stereocenters. The van der Waals surface area contributed by atoms with E-state index < -0.39 is 0 Å². The molecule has 1 aliphatic heterocycles. The molecule has 4 heteroatoms. The lowest BCUT2D eigenvalue weighted by molar-refractivity contribution is 0.516. The maximum atomic E-state index is 5.97. The summed E-state index contributed by atoms with van der Waals surface area (Å²) in [6.45, 7) is 0. The van der Waals surface area contributed by atoms with E-state index in [0.717, 1.165) is 23.0 Å². The maximum absolute atomic E-state index is 5.97. The van der Waals surface area contributed by atoms with Gasteiger partial charge in [-0.2, -0.15) is 11.8 Å². The maximum Gasteiger partial charge on any atom is 0.137 e. The molecule has 1 saturated heterocycles. The van der Waals surface area contributed by atoms with Gasteiger partial charge in [-0.1, -0.05) is 11.6 Å². The van der Waals surface area contributed by atoms with Crippen LogP contribution in [0.2, 0.25) is 5.02 Å². The highest BCUT2D eigenvalue weighted by Crippen LogP contribution is 2.25. The normalized spacial score (nSPS) is 20.9. The Morgan fingerprint density at radius 2 is 2.35 bits per heavy atom. The Morgan fingerprint density at radius 1 is 1.41 bits per heavy atom. The molecule has 0 N–H and O–H groups in total. The van der Waals surface area contributed by atoms with Gasteiger partial charge in [0.15, 0.2) is 0 Å². The molecule has 0 spiro atoms. The predicted molar refractivity (Wildman–Crippen MR) is 74.0 cm³/mol. The summed E-state index contributed by atoms with van der Waals surface area (Å²) < 4.78 is 2.02. The lowest BCUT2D eigenvalue weighted by atomic mass is 10.00. The molecule has 0 aliphatic carbocycles. The van der Waals surface area contributed by atoms with Gasteiger partial charge in [-0.25, -0.2) is 4.98 Å². The third-order valence-corrected chi connectivity index (χ3v) is 4.73. The zero-order valence-corrected chi connectivity index (χ0v) is 11.2. The summed E-state index contributed by atoms with van der Waals surface area (Å²) in [5, 5.41) is 0.759. The molecule has 0 aromatic carbocycles. The number of pyridine rings is 1. The van der Waals surface area contributed by atoms with E-state index in [9.17, 15) is 0 Å². The van der Waals surface area contributed by atoms with E-state index in [1.165, 1.54) is 30.0 Å². The number of fused-ring (bicyclic) bond motifs is 1. The summed E-state index contributed by atoms with van der Waals surface area (Å²) in [6.07, 6.45) is 7.84. The summed E-state index contributed by atoms with van der Waals surface area (Å²) in [6, 6.07) is 3.87. The number of imidazole rings is 1. The van der Waals surface area contributed by atoms with Crippen molar-refractivity contribution in [1.82, 2.24) is 9.38 Å².